The van der Waals surface area contributed by atoms with Crippen LogP contribution in [0, 0.1) is 23.7 Å². The van der Waals surface area contributed by atoms with Crippen LogP contribution < -0.4 is 44.8 Å². The topological polar surface area (TPSA) is 176 Å². The van der Waals surface area contributed by atoms with Crippen LogP contribution in [0.15, 0.2) is 73.7 Å². The number of nitrogen functional groups attached to an aromatic ring is 1. The van der Waals surface area contributed by atoms with E-state index in [4.69, 9.17) is 10.7 Å². The van der Waals surface area contributed by atoms with E-state index >= 15 is 0 Å². The predicted molar refractivity (Wildman–Crippen MR) is 200 cm³/mol. The number of aromatic nitrogens is 7. The van der Waals surface area contributed by atoms with Crippen LogP contribution in [-0.2, 0) is 6.42 Å². The minimum absolute atomic E-state index is 0. The Morgan fingerprint density at radius 3 is 1.78 bits per heavy atom. The Bertz CT molecular complexity index is 2170. The summed E-state index contributed by atoms with van der Waals surface area (Å²) in [5.74, 6) is 4.84. The van der Waals surface area contributed by atoms with Gasteiger partial charge in [-0.3, -0.25) is 14.2 Å². The molecule has 3 N–H and O–H groups in total. The number of hydrogen-bond donors (Lipinski definition) is 2. The van der Waals surface area contributed by atoms with Crippen LogP contribution in [0.4, 0.5) is 17.5 Å². The van der Waals surface area contributed by atoms with Crippen LogP contribution in [0.3, 0.4) is 0 Å². The van der Waals surface area contributed by atoms with E-state index in [1.165, 1.54) is 25.2 Å². The van der Waals surface area contributed by atoms with E-state index < -0.39 is 5.97 Å². The molecule has 6 unspecified atom stereocenters. The van der Waals surface area contributed by atoms with Crippen molar-refractivity contribution in [3.8, 4) is 0 Å². The van der Waals surface area contributed by atoms with Crippen molar-refractivity contribution in [3.63, 3.8) is 0 Å². The van der Waals surface area contributed by atoms with Gasteiger partial charge in [-0.15, -0.1) is 0 Å². The number of nitrogens with zero attached hydrogens (tertiary/aromatic N) is 9. The molecule has 14 nitrogen and oxygen atoms in total. The average Bonchev–Trinajstić information content (AvgIpc) is 3.68. The fourth-order valence-corrected chi connectivity index (χ4v) is 8.42. The molecule has 7 heterocycles. The molecule has 0 aromatic carbocycles. The van der Waals surface area contributed by atoms with E-state index in [-0.39, 0.29) is 48.5 Å². The number of hydrogen-bond acceptors (Lipinski definition) is 11. The zero-order valence-electron chi connectivity index (χ0n) is 31.5. The number of piperidine rings is 2. The molecule has 55 heavy (non-hydrogen) atoms. The molecule has 0 radical (unpaired) electrons. The van der Waals surface area contributed by atoms with Gasteiger partial charge < -0.3 is 30.8 Å². The first-order valence-electron chi connectivity index (χ1n) is 18.9. The van der Waals surface area contributed by atoms with Gasteiger partial charge in [0.15, 0.2) is 0 Å². The fraction of sp³-hybridized carbons (Fsp3) is 0.425. The number of pyridine rings is 3. The Morgan fingerprint density at radius 2 is 1.29 bits per heavy atom. The van der Waals surface area contributed by atoms with Crippen molar-refractivity contribution < 1.29 is 33.6 Å². The summed E-state index contributed by atoms with van der Waals surface area (Å²) in [4.78, 5) is 41.8. The molecule has 1 amide bonds. The van der Waals surface area contributed by atoms with Gasteiger partial charge in [-0.1, -0.05) is 12.1 Å². The van der Waals surface area contributed by atoms with Gasteiger partial charge in [0.2, 0.25) is 0 Å². The van der Waals surface area contributed by atoms with Gasteiger partial charge in [0.25, 0.3) is 5.91 Å². The largest absolute Gasteiger partial charge is 1.00 e. The Hall–Kier alpha value is -5.19. The van der Waals surface area contributed by atoms with Crippen molar-refractivity contribution in [1.29, 1.82) is 0 Å². The first kappa shape index (κ1) is 36.8. The molecular formula is C40H44LiN11O3. The van der Waals surface area contributed by atoms with Crippen molar-refractivity contribution in [2.75, 3.05) is 41.7 Å². The number of amides is 1. The average molecular weight is 734 g/mol. The van der Waals surface area contributed by atoms with E-state index in [2.05, 4.69) is 54.3 Å². The molecule has 2 saturated carbocycles. The van der Waals surface area contributed by atoms with Crippen LogP contribution in [0.1, 0.15) is 94.2 Å². The standard InChI is InChI=1S/C24H27N7O.C16H18N4O2.Li/c1-14(15-2-5-22(27-9-15)30-11-16-8-17(16)12-30)31-13-18(10-28-31)24(32)29-21-4-3-20-19(21)6-7-26-23(20)25;1-10(20-9-14(6-18-20)16(21)22)11-2-3-15(17-5-11)19-7-12-4-13(12)8-19;/h2,5-7,9-10,13-14,16-17,21H,3-4,8,11-12H2,1H3,(H2,25,26)(H,29,32);2-3,5-6,9-10,12-13H,4,7-8H2,1H3,(H,21,22);/q;;+1/p-1/t14?,16?,17?,21-;;/m1../s1. The third-order valence-corrected chi connectivity index (χ3v) is 12.1. The molecule has 5 aromatic heterocycles. The molecule has 5 aliphatic rings. The Kier molecular flexibility index (Phi) is 9.90. The summed E-state index contributed by atoms with van der Waals surface area (Å²) in [7, 11) is 0. The van der Waals surface area contributed by atoms with Crippen LogP contribution in [0.2, 0.25) is 0 Å². The summed E-state index contributed by atoms with van der Waals surface area (Å²) in [6.07, 6.45) is 16.1. The summed E-state index contributed by atoms with van der Waals surface area (Å²) >= 11 is 0. The second-order valence-electron chi connectivity index (χ2n) is 15.6. The minimum atomic E-state index is -1.21. The minimum Gasteiger partial charge on any atom is -0.545 e. The molecule has 4 fully saturated rings. The number of nitrogens with two attached hydrogens (primary N) is 1. The zero-order valence-corrected chi connectivity index (χ0v) is 31.5. The third kappa shape index (κ3) is 7.45. The van der Waals surface area contributed by atoms with Gasteiger partial charge in [0.05, 0.1) is 42.1 Å². The smallest absolute Gasteiger partial charge is 0.545 e. The summed E-state index contributed by atoms with van der Waals surface area (Å²) in [5.41, 5.74) is 10.8. The summed E-state index contributed by atoms with van der Waals surface area (Å²) in [6, 6.07) is 10.1. The van der Waals surface area contributed by atoms with Crippen LogP contribution >= 0.6 is 0 Å². The molecule has 3 aliphatic carbocycles. The molecule has 10 rings (SSSR count). The van der Waals surface area contributed by atoms with Gasteiger partial charge in [0.1, 0.15) is 17.5 Å². The maximum Gasteiger partial charge on any atom is 1.00 e. The second kappa shape index (κ2) is 14.8. The molecule has 278 valence electrons. The van der Waals surface area contributed by atoms with Gasteiger partial charge in [0, 0.05) is 62.7 Å². The molecule has 5 aromatic rings. The SMILES string of the molecule is CC(c1ccc(N2CC3CC3C2)nc1)n1cc(C(=O)N[C@@H]2CCc3c2ccnc3N)cn1.CC(c1ccc(N2CC3CC3C2)nc1)n1cc(C(=O)[O-])cn1.[Li+]. The van der Waals surface area contributed by atoms with Crippen molar-refractivity contribution in [1.82, 2.24) is 39.8 Å². The maximum atomic E-state index is 12.9. The Morgan fingerprint density at radius 1 is 0.764 bits per heavy atom. The molecule has 2 aliphatic heterocycles. The van der Waals surface area contributed by atoms with E-state index in [1.807, 2.05) is 42.2 Å². The Labute approximate surface area is 331 Å². The molecular weight excluding hydrogens is 689 g/mol. The first-order valence-corrected chi connectivity index (χ1v) is 18.9. The number of carboxylic acids is 1. The third-order valence-electron chi connectivity index (χ3n) is 12.1. The van der Waals surface area contributed by atoms with Crippen molar-refractivity contribution in [2.24, 2.45) is 23.7 Å². The molecule has 15 heteroatoms. The van der Waals surface area contributed by atoms with E-state index in [1.54, 1.807) is 23.3 Å². The Balaban J connectivity index is 0.000000163. The van der Waals surface area contributed by atoms with Crippen LogP contribution in [0.5, 0.6) is 0 Å². The molecule has 0 spiro atoms. The van der Waals surface area contributed by atoms with Gasteiger partial charge >= 0.3 is 18.9 Å². The van der Waals surface area contributed by atoms with Crippen molar-refractivity contribution in [3.05, 3.63) is 107 Å². The molecule has 0 bridgehead atoms. The van der Waals surface area contributed by atoms with Crippen LogP contribution in [0.25, 0.3) is 0 Å². The summed E-state index contributed by atoms with van der Waals surface area (Å²) < 4.78 is 3.44. The number of rotatable bonds is 9. The molecule has 2 saturated heterocycles. The number of fused-ring (bicyclic) bond motifs is 3. The second-order valence-corrected chi connectivity index (χ2v) is 15.6. The predicted octanol–water partition coefficient (Wildman–Crippen LogP) is 0.449. The number of anilines is 3. The summed E-state index contributed by atoms with van der Waals surface area (Å²) in [6.45, 7) is 8.56. The maximum absolute atomic E-state index is 12.9. The normalized spacial score (nSPS) is 23.7. The number of carboxylic acid groups (broad SMARTS) is 1. The number of carbonyl (C=O) groups is 2. The first-order chi connectivity index (χ1) is 26.2. The van der Waals surface area contributed by atoms with Crippen LogP contribution in [-0.4, -0.2) is 72.6 Å². The fourth-order valence-electron chi connectivity index (χ4n) is 8.42. The number of nitrogens with one attached hydrogen (secondary N) is 1. The van der Waals surface area contributed by atoms with E-state index in [9.17, 15) is 14.7 Å². The number of aromatic carboxylic acids is 1. The van der Waals surface area contributed by atoms with Gasteiger partial charge in [-0.25, -0.2) is 15.0 Å². The van der Waals surface area contributed by atoms with Gasteiger partial charge in [-0.05, 0) is 104 Å². The van der Waals surface area contributed by atoms with Crippen molar-refractivity contribution in [2.45, 2.75) is 57.7 Å². The van der Waals surface area contributed by atoms with Gasteiger partial charge in [-0.2, -0.15) is 10.2 Å². The monoisotopic (exact) mass is 733 g/mol. The molecule has 7 atom stereocenters. The van der Waals surface area contributed by atoms with E-state index in [0.717, 1.165) is 96.6 Å². The van der Waals surface area contributed by atoms with E-state index in [0.29, 0.717) is 11.4 Å². The zero-order chi connectivity index (χ0) is 37.1. The quantitative estimate of drug-likeness (QED) is 0.201. The number of carbonyl (C=O) groups excluding carboxylic acids is 2. The van der Waals surface area contributed by atoms with Crippen molar-refractivity contribution >= 4 is 29.3 Å². The summed E-state index contributed by atoms with van der Waals surface area (Å²) in [5, 5.41) is 22.5.